The first-order chi connectivity index (χ1) is 13.1. The average molecular weight is 445 g/mol. The lowest BCUT2D eigenvalue weighted by atomic mass is 10.1. The molecule has 172 valence electrons. The van der Waals surface area contributed by atoms with Crippen LogP contribution in [0.4, 0.5) is 0 Å². The zero-order valence-corrected chi connectivity index (χ0v) is 22.9. The summed E-state index contributed by atoms with van der Waals surface area (Å²) in [5.41, 5.74) is 0. The topological polar surface area (TPSA) is 44.8 Å². The minimum Gasteiger partial charge on any atom is -0.462 e. The highest BCUT2D eigenvalue weighted by Gasteiger charge is 2.46. The van der Waals surface area contributed by atoms with E-state index < -0.39 is 16.6 Å². The van der Waals surface area contributed by atoms with Gasteiger partial charge in [0.05, 0.1) is 6.23 Å². The van der Waals surface area contributed by atoms with E-state index in [-0.39, 0.29) is 22.1 Å². The smallest absolute Gasteiger partial charge is 0.306 e. The van der Waals surface area contributed by atoms with E-state index in [0.29, 0.717) is 18.9 Å². The predicted octanol–water partition coefficient (Wildman–Crippen LogP) is 6.84. The van der Waals surface area contributed by atoms with Crippen LogP contribution in [0.5, 0.6) is 0 Å². The number of carbonyl (C=O) groups excluding carboxylic acids is 1. The number of rotatable bonds is 10. The zero-order valence-electron chi connectivity index (χ0n) is 20.9. The summed E-state index contributed by atoms with van der Waals surface area (Å²) < 4.78 is 18.8. The van der Waals surface area contributed by atoms with E-state index in [1.807, 2.05) is 0 Å². The first-order valence-corrected chi connectivity index (χ1v) is 17.1. The molecular weight excluding hydrogens is 396 g/mol. The molecule has 0 aromatic heterocycles. The number of hydrogen-bond acceptors (Lipinski definition) is 4. The Morgan fingerprint density at radius 2 is 1.52 bits per heavy atom. The van der Waals surface area contributed by atoms with Crippen LogP contribution < -0.4 is 0 Å². The number of carbonyl (C=O) groups is 1. The van der Waals surface area contributed by atoms with Crippen LogP contribution in [-0.4, -0.2) is 41.5 Å². The molecule has 1 rings (SSSR count). The summed E-state index contributed by atoms with van der Waals surface area (Å²) >= 11 is 0. The average Bonchev–Trinajstić information content (AvgIpc) is 3.07. The van der Waals surface area contributed by atoms with Gasteiger partial charge in [0.2, 0.25) is 8.32 Å². The molecule has 0 heterocycles. The highest BCUT2D eigenvalue weighted by Crippen LogP contribution is 2.41. The van der Waals surface area contributed by atoms with Gasteiger partial charge in [-0.25, -0.2) is 0 Å². The van der Waals surface area contributed by atoms with Gasteiger partial charge in [-0.2, -0.15) is 0 Å². The van der Waals surface area contributed by atoms with Crippen molar-refractivity contribution in [1.29, 1.82) is 0 Å². The third-order valence-corrected chi connectivity index (χ3v) is 16.7. The Balaban J connectivity index is 2.54. The Bertz CT molecular complexity index is 516. The molecule has 0 aromatic carbocycles. The molecule has 0 amide bonds. The van der Waals surface area contributed by atoms with Gasteiger partial charge in [-0.1, -0.05) is 48.5 Å². The van der Waals surface area contributed by atoms with Crippen LogP contribution in [0.25, 0.3) is 0 Å². The fourth-order valence-corrected chi connectivity index (χ4v) is 7.61. The summed E-state index contributed by atoms with van der Waals surface area (Å²) in [7, 11) is -3.90. The molecule has 1 aliphatic rings. The van der Waals surface area contributed by atoms with Gasteiger partial charge in [-0.3, -0.25) is 4.79 Å². The molecule has 1 aliphatic carbocycles. The van der Waals surface area contributed by atoms with Gasteiger partial charge >= 0.3 is 5.97 Å². The van der Waals surface area contributed by atoms with Crippen molar-refractivity contribution in [2.75, 3.05) is 12.8 Å². The second kappa shape index (κ2) is 10.4. The van der Waals surface area contributed by atoms with Gasteiger partial charge in [-0.15, -0.1) is 0 Å². The molecule has 1 fully saturated rings. The third-order valence-electron chi connectivity index (χ3n) is 7.23. The maximum absolute atomic E-state index is 12.1. The Morgan fingerprint density at radius 3 is 2.00 bits per heavy atom. The maximum atomic E-state index is 12.1. The van der Waals surface area contributed by atoms with E-state index in [1.54, 1.807) is 0 Å². The normalized spacial score (nSPS) is 19.8. The SMILES string of the molecule is CC(CCC(=O)OC1CCCC1)CO[Si](C)(CO[Si](C)(C)C(C)(C)C)C(C)(C)C. The maximum Gasteiger partial charge on any atom is 0.306 e. The highest BCUT2D eigenvalue weighted by atomic mass is 28.4. The summed E-state index contributed by atoms with van der Waals surface area (Å²) in [5, 5.41) is 0.295. The summed E-state index contributed by atoms with van der Waals surface area (Å²) in [6.45, 7) is 23.5. The zero-order chi connectivity index (χ0) is 22.5. The molecule has 1 saturated carbocycles. The van der Waals surface area contributed by atoms with Gasteiger partial charge in [0.1, 0.15) is 6.10 Å². The Hall–Kier alpha value is -0.176. The van der Waals surface area contributed by atoms with E-state index in [4.69, 9.17) is 13.6 Å². The number of hydrogen-bond donors (Lipinski definition) is 0. The van der Waals surface area contributed by atoms with E-state index in [9.17, 15) is 4.79 Å². The van der Waals surface area contributed by atoms with Crippen molar-refractivity contribution in [3.8, 4) is 0 Å². The molecular formula is C23H48O4Si2. The summed E-state index contributed by atoms with van der Waals surface area (Å²) in [6, 6.07) is 0. The van der Waals surface area contributed by atoms with Crippen molar-refractivity contribution >= 4 is 22.6 Å². The van der Waals surface area contributed by atoms with Crippen molar-refractivity contribution in [2.24, 2.45) is 5.92 Å². The van der Waals surface area contributed by atoms with Gasteiger partial charge in [-0.05, 0) is 67.7 Å². The first kappa shape index (κ1) is 26.9. The van der Waals surface area contributed by atoms with E-state index >= 15 is 0 Å². The molecule has 0 aliphatic heterocycles. The summed E-state index contributed by atoms with van der Waals surface area (Å²) in [6.07, 6.45) is 6.67. The van der Waals surface area contributed by atoms with Crippen LogP contribution in [0.3, 0.4) is 0 Å². The quantitative estimate of drug-likeness (QED) is 0.273. The van der Waals surface area contributed by atoms with Crippen LogP contribution in [0.2, 0.25) is 29.7 Å². The molecule has 29 heavy (non-hydrogen) atoms. The lowest BCUT2D eigenvalue weighted by Crippen LogP contribution is -2.54. The standard InChI is InChI=1S/C23H48O4Si2/c1-19(15-16-21(24)27-20-13-11-12-14-20)17-25-29(10,23(5,6)7)18-26-28(8,9)22(2,3)4/h19-20H,11-18H2,1-10H3. The van der Waals surface area contributed by atoms with Gasteiger partial charge in [0, 0.05) is 13.0 Å². The fraction of sp³-hybridized carbons (Fsp3) is 0.957. The first-order valence-electron chi connectivity index (χ1n) is 11.5. The van der Waals surface area contributed by atoms with Crippen molar-refractivity contribution in [2.45, 2.75) is 123 Å². The third kappa shape index (κ3) is 8.46. The minimum absolute atomic E-state index is 0.0409. The lowest BCUT2D eigenvalue weighted by Gasteiger charge is -2.44. The molecule has 0 bridgehead atoms. The van der Waals surface area contributed by atoms with Crippen LogP contribution in [0, 0.1) is 5.92 Å². The molecule has 0 radical (unpaired) electrons. The summed E-state index contributed by atoms with van der Waals surface area (Å²) in [4.78, 5) is 12.1. The monoisotopic (exact) mass is 444 g/mol. The Morgan fingerprint density at radius 1 is 0.966 bits per heavy atom. The summed E-state index contributed by atoms with van der Waals surface area (Å²) in [5.74, 6) is 0.300. The van der Waals surface area contributed by atoms with Crippen LogP contribution in [0.15, 0.2) is 0 Å². The van der Waals surface area contributed by atoms with Crippen molar-refractivity contribution in [1.82, 2.24) is 0 Å². The van der Waals surface area contributed by atoms with Crippen LogP contribution >= 0.6 is 0 Å². The number of ether oxygens (including phenoxy) is 1. The minimum atomic E-state index is -2.09. The van der Waals surface area contributed by atoms with Crippen molar-refractivity contribution in [3.63, 3.8) is 0 Å². The number of esters is 1. The molecule has 6 heteroatoms. The van der Waals surface area contributed by atoms with E-state index in [1.165, 1.54) is 12.8 Å². The Kier molecular flexibility index (Phi) is 9.65. The highest BCUT2D eigenvalue weighted by molar-refractivity contribution is 6.78. The molecule has 0 aromatic rings. The molecule has 2 atom stereocenters. The van der Waals surface area contributed by atoms with E-state index in [2.05, 4.69) is 68.1 Å². The fourth-order valence-electron chi connectivity index (χ4n) is 3.03. The van der Waals surface area contributed by atoms with Gasteiger partial charge in [0.25, 0.3) is 0 Å². The molecule has 0 saturated heterocycles. The second-order valence-electron chi connectivity index (χ2n) is 11.9. The predicted molar refractivity (Wildman–Crippen MR) is 127 cm³/mol. The van der Waals surface area contributed by atoms with Gasteiger partial charge in [0.15, 0.2) is 8.32 Å². The second-order valence-corrected chi connectivity index (χ2v) is 21.2. The largest absolute Gasteiger partial charge is 0.462 e. The van der Waals surface area contributed by atoms with Gasteiger partial charge < -0.3 is 13.6 Å². The van der Waals surface area contributed by atoms with Crippen LogP contribution in [-0.2, 0) is 18.4 Å². The van der Waals surface area contributed by atoms with E-state index in [0.717, 1.165) is 25.5 Å². The molecule has 0 spiro atoms. The van der Waals surface area contributed by atoms with Crippen molar-refractivity contribution in [3.05, 3.63) is 0 Å². The molecule has 4 nitrogen and oxygen atoms in total. The van der Waals surface area contributed by atoms with Crippen molar-refractivity contribution < 1.29 is 18.4 Å². The van der Waals surface area contributed by atoms with Crippen LogP contribution in [0.1, 0.15) is 87.0 Å². The Labute approximate surface area is 182 Å². The molecule has 2 unspecified atom stereocenters. The lowest BCUT2D eigenvalue weighted by molar-refractivity contribution is -0.149. The molecule has 0 N–H and O–H groups in total.